The fourth-order valence-electron chi connectivity index (χ4n) is 2.73. The number of halogens is 1. The number of aliphatic imine (C=N–C) groups is 1. The number of carbonyl (C=O) groups is 1. The topological polar surface area (TPSA) is 69.4 Å². The molecule has 8 heteroatoms. The predicted octanol–water partition coefficient (Wildman–Crippen LogP) is 4.77. The first-order valence-corrected chi connectivity index (χ1v) is 10.1. The molecule has 1 aliphatic rings. The van der Waals surface area contributed by atoms with Crippen LogP contribution in [0.15, 0.2) is 34.6 Å². The molecule has 0 aliphatic carbocycles. The monoisotopic (exact) mass is 418 g/mol. The van der Waals surface area contributed by atoms with E-state index in [0.29, 0.717) is 13.0 Å². The lowest BCUT2D eigenvalue weighted by Gasteiger charge is -2.09. The molecule has 3 aromatic rings. The van der Waals surface area contributed by atoms with Crippen LogP contribution in [-0.2, 0) is 16.1 Å². The van der Waals surface area contributed by atoms with Crippen LogP contribution in [0.5, 0.6) is 0 Å². The van der Waals surface area contributed by atoms with Crippen LogP contribution in [0.2, 0.25) is 5.02 Å². The van der Waals surface area contributed by atoms with Crippen molar-refractivity contribution in [1.82, 2.24) is 14.8 Å². The number of aryl methyl sites for hydroxylation is 2. The maximum Gasteiger partial charge on any atom is 0.292 e. The van der Waals surface area contributed by atoms with Crippen molar-refractivity contribution >= 4 is 35.1 Å². The third-order valence-corrected chi connectivity index (χ3v) is 5.21. The Morgan fingerprint density at radius 2 is 1.82 bits per heavy atom. The average Bonchev–Trinajstić information content (AvgIpc) is 3.22. The standard InChI is InChI=1S/C16H13ClN4S.C2H4O2.C2H6/c1-9-8-22-16-14(9)15(11-3-5-12(17)6-4-11)18-7-13-20-19-10(2)21(13)16;1-4-2-3;1-2/h3-6,8H,7H2,1-2H3;2H,1H3;1-2H3. The van der Waals surface area contributed by atoms with Crippen LogP contribution in [0.4, 0.5) is 0 Å². The Hall–Kier alpha value is -2.51. The van der Waals surface area contributed by atoms with E-state index in [2.05, 4.69) is 31.8 Å². The maximum absolute atomic E-state index is 8.95. The summed E-state index contributed by atoms with van der Waals surface area (Å²) in [6.45, 7) is 8.99. The summed E-state index contributed by atoms with van der Waals surface area (Å²) in [6.07, 6.45) is 0. The van der Waals surface area contributed by atoms with Gasteiger partial charge in [-0.05, 0) is 36.9 Å². The molecule has 0 amide bonds. The Balaban J connectivity index is 0.000000419. The zero-order chi connectivity index (χ0) is 20.7. The van der Waals surface area contributed by atoms with Gasteiger partial charge in [0, 0.05) is 16.1 Å². The second-order valence-corrected chi connectivity index (χ2v) is 6.90. The van der Waals surface area contributed by atoms with Crippen LogP contribution in [-0.4, -0.2) is 34.1 Å². The Morgan fingerprint density at radius 3 is 2.43 bits per heavy atom. The molecule has 6 nitrogen and oxygen atoms in total. The molecule has 28 heavy (non-hydrogen) atoms. The molecule has 0 saturated carbocycles. The number of rotatable bonds is 2. The van der Waals surface area contributed by atoms with Gasteiger partial charge in [0.25, 0.3) is 6.47 Å². The minimum absolute atomic E-state index is 0.375. The summed E-state index contributed by atoms with van der Waals surface area (Å²) in [6, 6.07) is 7.83. The molecule has 0 spiro atoms. The Labute approximate surface area is 173 Å². The van der Waals surface area contributed by atoms with Gasteiger partial charge in [0.2, 0.25) is 0 Å². The molecule has 0 N–H and O–H groups in total. The Morgan fingerprint density at radius 1 is 1.18 bits per heavy atom. The van der Waals surface area contributed by atoms with Crippen LogP contribution in [0.3, 0.4) is 0 Å². The highest BCUT2D eigenvalue weighted by molar-refractivity contribution is 7.13. The second-order valence-electron chi connectivity index (χ2n) is 5.60. The number of nitrogens with zero attached hydrogens (tertiary/aromatic N) is 4. The smallest absolute Gasteiger partial charge is 0.292 e. The van der Waals surface area contributed by atoms with Crippen molar-refractivity contribution in [2.75, 3.05) is 7.11 Å². The lowest BCUT2D eigenvalue weighted by molar-refractivity contribution is -0.126. The van der Waals surface area contributed by atoms with E-state index in [1.54, 1.807) is 11.3 Å². The van der Waals surface area contributed by atoms with Crippen molar-refractivity contribution in [2.24, 2.45) is 4.99 Å². The van der Waals surface area contributed by atoms with Crippen molar-refractivity contribution < 1.29 is 9.53 Å². The molecule has 148 valence electrons. The number of ether oxygens (including phenoxy) is 1. The van der Waals surface area contributed by atoms with Crippen molar-refractivity contribution in [3.05, 3.63) is 63.0 Å². The first-order chi connectivity index (χ1) is 13.6. The lowest BCUT2D eigenvalue weighted by atomic mass is 10.0. The largest absolute Gasteiger partial charge is 0.471 e. The highest BCUT2D eigenvalue weighted by Gasteiger charge is 2.24. The zero-order valence-electron chi connectivity index (χ0n) is 16.6. The SMILES string of the molecule is CC.COC=O.Cc1csc2c1C(c1ccc(Cl)cc1)=NCc1nnc(C)n1-2. The Bertz CT molecular complexity index is 961. The van der Waals surface area contributed by atoms with Crippen molar-refractivity contribution in [1.29, 1.82) is 0 Å². The number of hydrogen-bond donors (Lipinski definition) is 0. The van der Waals surface area contributed by atoms with E-state index in [-0.39, 0.29) is 0 Å². The van der Waals surface area contributed by atoms with Crippen molar-refractivity contribution in [3.8, 4) is 5.00 Å². The summed E-state index contributed by atoms with van der Waals surface area (Å²) in [7, 11) is 1.31. The highest BCUT2D eigenvalue weighted by atomic mass is 35.5. The second kappa shape index (κ2) is 10.1. The molecule has 1 aliphatic heterocycles. The summed E-state index contributed by atoms with van der Waals surface area (Å²) >= 11 is 7.71. The van der Waals surface area contributed by atoms with Crippen LogP contribution in [0, 0.1) is 13.8 Å². The zero-order valence-corrected chi connectivity index (χ0v) is 18.1. The number of methoxy groups -OCH3 is 1. The van der Waals surface area contributed by atoms with Gasteiger partial charge in [0.1, 0.15) is 17.4 Å². The minimum atomic E-state index is 0.375. The normalized spacial score (nSPS) is 11.4. The molecular formula is C20H23ClN4O2S. The minimum Gasteiger partial charge on any atom is -0.471 e. The van der Waals surface area contributed by atoms with Crippen LogP contribution < -0.4 is 0 Å². The fourth-order valence-corrected chi connectivity index (χ4v) is 3.98. The number of thiophene rings is 1. The van der Waals surface area contributed by atoms with Crippen molar-refractivity contribution in [2.45, 2.75) is 34.2 Å². The molecular weight excluding hydrogens is 396 g/mol. The van der Waals surface area contributed by atoms with Gasteiger partial charge < -0.3 is 4.74 Å². The van der Waals surface area contributed by atoms with Gasteiger partial charge in [0.15, 0.2) is 5.82 Å². The van der Waals surface area contributed by atoms with E-state index in [9.17, 15) is 0 Å². The summed E-state index contributed by atoms with van der Waals surface area (Å²) in [5.74, 6) is 1.77. The molecule has 0 saturated heterocycles. The molecule has 3 heterocycles. The molecule has 0 atom stereocenters. The van der Waals surface area contributed by atoms with Gasteiger partial charge in [-0.3, -0.25) is 14.4 Å². The molecule has 2 aromatic heterocycles. The van der Waals surface area contributed by atoms with Gasteiger partial charge in [-0.25, -0.2) is 0 Å². The van der Waals surface area contributed by atoms with E-state index in [1.165, 1.54) is 12.7 Å². The summed E-state index contributed by atoms with van der Waals surface area (Å²) in [4.78, 5) is 13.8. The highest BCUT2D eigenvalue weighted by Crippen LogP contribution is 2.33. The average molecular weight is 419 g/mol. The van der Waals surface area contributed by atoms with Gasteiger partial charge >= 0.3 is 0 Å². The first kappa shape index (κ1) is 21.8. The van der Waals surface area contributed by atoms with Gasteiger partial charge in [-0.2, -0.15) is 0 Å². The van der Waals surface area contributed by atoms with Crippen molar-refractivity contribution in [3.63, 3.8) is 0 Å². The number of benzene rings is 1. The van der Waals surface area contributed by atoms with E-state index >= 15 is 0 Å². The third-order valence-electron chi connectivity index (χ3n) is 3.88. The molecule has 4 rings (SSSR count). The summed E-state index contributed by atoms with van der Waals surface area (Å²) < 4.78 is 5.97. The van der Waals surface area contributed by atoms with E-state index in [1.807, 2.05) is 45.0 Å². The molecule has 0 fully saturated rings. The number of carbonyl (C=O) groups excluding carboxylic acids is 1. The molecule has 0 radical (unpaired) electrons. The number of hydrogen-bond acceptors (Lipinski definition) is 6. The van der Waals surface area contributed by atoms with Crippen LogP contribution >= 0.6 is 22.9 Å². The summed E-state index contributed by atoms with van der Waals surface area (Å²) in [5.41, 5.74) is 4.45. The van der Waals surface area contributed by atoms with E-state index < -0.39 is 0 Å². The summed E-state index contributed by atoms with van der Waals surface area (Å²) in [5, 5.41) is 12.5. The fraction of sp³-hybridized carbons (Fsp3) is 0.300. The van der Waals surface area contributed by atoms with Crippen LogP contribution in [0.1, 0.15) is 42.2 Å². The lowest BCUT2D eigenvalue weighted by Crippen LogP contribution is -2.06. The van der Waals surface area contributed by atoms with E-state index in [4.69, 9.17) is 21.4 Å². The first-order valence-electron chi connectivity index (χ1n) is 8.83. The van der Waals surface area contributed by atoms with Crippen LogP contribution in [0.25, 0.3) is 5.00 Å². The maximum atomic E-state index is 8.95. The Kier molecular flexibility index (Phi) is 7.90. The molecule has 0 bridgehead atoms. The number of fused-ring (bicyclic) bond motifs is 3. The van der Waals surface area contributed by atoms with E-state index in [0.717, 1.165) is 38.5 Å². The van der Waals surface area contributed by atoms with Gasteiger partial charge in [-0.15, -0.1) is 21.5 Å². The molecule has 1 aromatic carbocycles. The third kappa shape index (κ3) is 4.48. The predicted molar refractivity (Wildman–Crippen MR) is 114 cm³/mol. The quantitative estimate of drug-likeness (QED) is 0.562. The number of aromatic nitrogens is 3. The van der Waals surface area contributed by atoms with Gasteiger partial charge in [-0.1, -0.05) is 37.6 Å². The van der Waals surface area contributed by atoms with Gasteiger partial charge in [0.05, 0.1) is 12.8 Å². The molecule has 0 unspecified atom stereocenters.